The van der Waals surface area contributed by atoms with E-state index in [2.05, 4.69) is 9.97 Å². The van der Waals surface area contributed by atoms with Crippen molar-refractivity contribution in [3.05, 3.63) is 36.2 Å². The molecule has 1 amide bonds. The Hall–Kier alpha value is -1.68. The number of fused-ring (bicyclic) bond motifs is 1. The van der Waals surface area contributed by atoms with Gasteiger partial charge in [0.25, 0.3) is 5.91 Å². The molecule has 3 rings (SSSR count). The van der Waals surface area contributed by atoms with E-state index in [0.29, 0.717) is 29.5 Å². The van der Waals surface area contributed by atoms with E-state index in [1.54, 1.807) is 12.4 Å². The van der Waals surface area contributed by atoms with Crippen LogP contribution in [0.3, 0.4) is 0 Å². The van der Waals surface area contributed by atoms with Gasteiger partial charge < -0.3 is 4.90 Å². The van der Waals surface area contributed by atoms with Crippen molar-refractivity contribution in [3.63, 3.8) is 0 Å². The summed E-state index contributed by atoms with van der Waals surface area (Å²) in [6.45, 7) is 0.712. The van der Waals surface area contributed by atoms with Crippen molar-refractivity contribution in [2.75, 3.05) is 12.4 Å². The van der Waals surface area contributed by atoms with Gasteiger partial charge in [-0.25, -0.2) is 0 Å². The van der Waals surface area contributed by atoms with Crippen LogP contribution in [-0.4, -0.2) is 39.2 Å². The Bertz CT molecular complexity index is 637. The molecular formula is C16H18ClN3O. The number of amides is 1. The number of alkyl halides is 1. The molecule has 21 heavy (non-hydrogen) atoms. The highest BCUT2D eigenvalue weighted by Crippen LogP contribution is 2.27. The molecule has 0 aliphatic heterocycles. The van der Waals surface area contributed by atoms with Crippen LogP contribution in [0.2, 0.25) is 0 Å². The summed E-state index contributed by atoms with van der Waals surface area (Å²) in [5.41, 5.74) is 2.08. The molecule has 1 heterocycles. The molecule has 5 heteroatoms. The molecule has 2 aromatic rings. The van der Waals surface area contributed by atoms with Gasteiger partial charge in [0.05, 0.1) is 11.1 Å². The van der Waals surface area contributed by atoms with Gasteiger partial charge in [-0.3, -0.25) is 14.8 Å². The van der Waals surface area contributed by atoms with Crippen LogP contribution >= 0.6 is 11.6 Å². The highest BCUT2D eigenvalue weighted by molar-refractivity contribution is 6.17. The summed E-state index contributed by atoms with van der Waals surface area (Å²) < 4.78 is 0. The van der Waals surface area contributed by atoms with Gasteiger partial charge in [-0.05, 0) is 37.8 Å². The van der Waals surface area contributed by atoms with E-state index in [-0.39, 0.29) is 5.91 Å². The molecule has 0 unspecified atom stereocenters. The van der Waals surface area contributed by atoms with E-state index in [1.165, 1.54) is 6.42 Å². The van der Waals surface area contributed by atoms with Crippen molar-refractivity contribution in [2.24, 2.45) is 0 Å². The lowest BCUT2D eigenvalue weighted by Gasteiger charge is -2.37. The summed E-state index contributed by atoms with van der Waals surface area (Å²) in [5.74, 6) is 0.627. The maximum absolute atomic E-state index is 12.9. The number of hydrogen-bond acceptors (Lipinski definition) is 3. The Morgan fingerprint density at radius 1 is 1.29 bits per heavy atom. The largest absolute Gasteiger partial charge is 0.336 e. The second-order valence-electron chi connectivity index (χ2n) is 5.36. The lowest BCUT2D eigenvalue weighted by molar-refractivity contribution is 0.0582. The predicted octanol–water partition coefficient (Wildman–Crippen LogP) is 3.25. The Morgan fingerprint density at radius 2 is 2.10 bits per heavy atom. The van der Waals surface area contributed by atoms with Crippen molar-refractivity contribution in [1.29, 1.82) is 0 Å². The molecule has 0 radical (unpaired) electrons. The van der Waals surface area contributed by atoms with Crippen molar-refractivity contribution in [1.82, 2.24) is 14.9 Å². The molecule has 1 saturated carbocycles. The summed E-state index contributed by atoms with van der Waals surface area (Å²) in [7, 11) is 0. The maximum atomic E-state index is 12.9. The van der Waals surface area contributed by atoms with E-state index in [9.17, 15) is 4.79 Å². The first-order valence-electron chi connectivity index (χ1n) is 7.38. The average molecular weight is 304 g/mol. The van der Waals surface area contributed by atoms with E-state index in [1.807, 2.05) is 23.1 Å². The zero-order chi connectivity index (χ0) is 14.7. The van der Waals surface area contributed by atoms with Crippen LogP contribution in [0.15, 0.2) is 30.6 Å². The van der Waals surface area contributed by atoms with Crippen molar-refractivity contribution >= 4 is 28.5 Å². The number of carbonyl (C=O) groups is 1. The van der Waals surface area contributed by atoms with Crippen molar-refractivity contribution < 1.29 is 4.79 Å². The summed E-state index contributed by atoms with van der Waals surface area (Å²) >= 11 is 5.80. The molecule has 1 aliphatic carbocycles. The maximum Gasteiger partial charge on any atom is 0.256 e. The second kappa shape index (κ2) is 6.39. The fourth-order valence-electron chi connectivity index (χ4n) is 2.70. The van der Waals surface area contributed by atoms with Gasteiger partial charge in [-0.15, -0.1) is 11.6 Å². The number of hydrogen-bond donors (Lipinski definition) is 0. The summed E-state index contributed by atoms with van der Waals surface area (Å²) in [6, 6.07) is 5.94. The summed E-state index contributed by atoms with van der Waals surface area (Å²) in [4.78, 5) is 23.5. The minimum atomic E-state index is 0.0518. The number of para-hydroxylation sites is 1. The fourth-order valence-corrected chi connectivity index (χ4v) is 2.82. The molecule has 1 aromatic heterocycles. The van der Waals surface area contributed by atoms with Gasteiger partial charge in [-0.1, -0.05) is 6.07 Å². The standard InChI is InChI=1S/C16H18ClN3O/c17-8-3-11-20(12-4-1-5-12)16(21)13-6-2-7-14-15(13)19-10-9-18-14/h2,6-7,9-10,12H,1,3-5,8,11H2. The van der Waals surface area contributed by atoms with Gasteiger partial charge >= 0.3 is 0 Å². The van der Waals surface area contributed by atoms with Gasteiger partial charge in [0.1, 0.15) is 5.52 Å². The Kier molecular flexibility index (Phi) is 4.34. The third-order valence-corrected chi connectivity index (χ3v) is 4.31. The van der Waals surface area contributed by atoms with Crippen LogP contribution in [0.25, 0.3) is 11.0 Å². The molecule has 0 spiro atoms. The van der Waals surface area contributed by atoms with Crippen LogP contribution in [0, 0.1) is 0 Å². The molecule has 1 aromatic carbocycles. The van der Waals surface area contributed by atoms with Crippen LogP contribution < -0.4 is 0 Å². The Balaban J connectivity index is 1.93. The number of rotatable bonds is 5. The van der Waals surface area contributed by atoms with E-state index >= 15 is 0 Å². The molecule has 4 nitrogen and oxygen atoms in total. The van der Waals surface area contributed by atoms with E-state index < -0.39 is 0 Å². The first-order chi connectivity index (χ1) is 10.3. The van der Waals surface area contributed by atoms with Crippen molar-refractivity contribution in [3.8, 4) is 0 Å². The van der Waals surface area contributed by atoms with Gasteiger partial charge in [0, 0.05) is 30.9 Å². The first-order valence-corrected chi connectivity index (χ1v) is 7.91. The van der Waals surface area contributed by atoms with E-state index in [0.717, 1.165) is 24.8 Å². The SMILES string of the molecule is O=C(c1cccc2nccnc12)N(CCCCl)C1CCC1. The normalized spacial score (nSPS) is 14.9. The molecule has 0 bridgehead atoms. The predicted molar refractivity (Wildman–Crippen MR) is 83.6 cm³/mol. The quantitative estimate of drug-likeness (QED) is 0.797. The molecule has 0 saturated heterocycles. The first kappa shape index (κ1) is 14.3. The second-order valence-corrected chi connectivity index (χ2v) is 5.73. The van der Waals surface area contributed by atoms with E-state index in [4.69, 9.17) is 11.6 Å². The molecule has 0 atom stereocenters. The molecular weight excluding hydrogens is 286 g/mol. The third kappa shape index (κ3) is 2.86. The molecule has 1 aliphatic rings. The summed E-state index contributed by atoms with van der Waals surface area (Å²) in [5, 5.41) is 0. The van der Waals surface area contributed by atoms with Gasteiger partial charge in [0.15, 0.2) is 0 Å². The number of benzene rings is 1. The number of carbonyl (C=O) groups excluding carboxylic acids is 1. The highest BCUT2D eigenvalue weighted by atomic mass is 35.5. The Labute approximate surface area is 129 Å². The van der Waals surface area contributed by atoms with Gasteiger partial charge in [-0.2, -0.15) is 0 Å². The zero-order valence-electron chi connectivity index (χ0n) is 11.8. The fraction of sp³-hybridized carbons (Fsp3) is 0.438. The molecule has 0 N–H and O–H groups in total. The lowest BCUT2D eigenvalue weighted by atomic mass is 9.90. The third-order valence-electron chi connectivity index (χ3n) is 4.04. The molecule has 110 valence electrons. The smallest absolute Gasteiger partial charge is 0.256 e. The van der Waals surface area contributed by atoms with Crippen LogP contribution in [0.4, 0.5) is 0 Å². The number of aromatic nitrogens is 2. The minimum Gasteiger partial charge on any atom is -0.336 e. The van der Waals surface area contributed by atoms with Gasteiger partial charge in [0.2, 0.25) is 0 Å². The van der Waals surface area contributed by atoms with Crippen LogP contribution in [0.1, 0.15) is 36.0 Å². The summed E-state index contributed by atoms with van der Waals surface area (Å²) in [6.07, 6.45) is 7.47. The highest BCUT2D eigenvalue weighted by Gasteiger charge is 2.29. The van der Waals surface area contributed by atoms with Crippen LogP contribution in [-0.2, 0) is 0 Å². The number of nitrogens with zero attached hydrogens (tertiary/aromatic N) is 3. The topological polar surface area (TPSA) is 46.1 Å². The molecule has 1 fully saturated rings. The Morgan fingerprint density at radius 3 is 2.81 bits per heavy atom. The minimum absolute atomic E-state index is 0.0518. The average Bonchev–Trinajstić information content (AvgIpc) is 2.48. The van der Waals surface area contributed by atoms with Crippen molar-refractivity contribution in [2.45, 2.75) is 31.7 Å². The number of halogens is 1. The van der Waals surface area contributed by atoms with Crippen LogP contribution in [0.5, 0.6) is 0 Å². The lowest BCUT2D eigenvalue weighted by Crippen LogP contribution is -2.45. The zero-order valence-corrected chi connectivity index (χ0v) is 12.6. The monoisotopic (exact) mass is 303 g/mol.